The number of carbonyl (C=O) groups is 4. The van der Waals surface area contributed by atoms with Crippen LogP contribution < -0.4 is 29.6 Å². The summed E-state index contributed by atoms with van der Waals surface area (Å²) in [6.07, 6.45) is 0. The van der Waals surface area contributed by atoms with Gasteiger partial charge in [-0.3, -0.25) is 9.59 Å². The first kappa shape index (κ1) is 38.2. The number of ether oxygens (including phenoxy) is 6. The fraction of sp³-hybridized carbons (Fsp3) is 0.273. The van der Waals surface area contributed by atoms with E-state index in [9.17, 15) is 19.2 Å². The first-order valence-electron chi connectivity index (χ1n) is 19.4. The van der Waals surface area contributed by atoms with Gasteiger partial charge in [0.15, 0.2) is 23.0 Å². The molecule has 16 heteroatoms. The largest absolute Gasteiger partial charge is 0.468 e. The lowest BCUT2D eigenvalue weighted by Gasteiger charge is -2.38. The molecule has 4 amide bonds. The number of urea groups is 2. The predicted octanol–water partition coefficient (Wildman–Crippen LogP) is 5.80. The van der Waals surface area contributed by atoms with Crippen LogP contribution >= 0.6 is 0 Å². The molecule has 6 heterocycles. The summed E-state index contributed by atoms with van der Waals surface area (Å²) in [5.74, 6) is 0.676. The summed E-state index contributed by atoms with van der Waals surface area (Å²) >= 11 is 0. The number of amides is 4. The molecule has 0 saturated heterocycles. The Kier molecular flexibility index (Phi) is 9.82. The SMILES string of the molecule is CNC(=O)N1C[C@@H](C(=O)OC)c2c([nH]c3ccccc23)[C@H]1c1ccc2c(c1)OCO2.CNC(=O)N1C[C@H](C(=O)OC)c2c([nH]c3ccccc23)[C@@H]1c1ccc2c(c1)OCO2. The Hall–Kier alpha value is -7.36. The van der Waals surface area contributed by atoms with Crippen molar-refractivity contribution in [2.24, 2.45) is 0 Å². The molecule has 4 aromatic carbocycles. The summed E-state index contributed by atoms with van der Waals surface area (Å²) in [7, 11) is 5.88. The maximum atomic E-state index is 12.9. The zero-order valence-electron chi connectivity index (χ0n) is 33.2. The zero-order valence-corrected chi connectivity index (χ0v) is 33.2. The number of hydrogen-bond donors (Lipinski definition) is 4. The maximum Gasteiger partial charge on any atom is 0.318 e. The molecule has 308 valence electrons. The first-order chi connectivity index (χ1) is 29.2. The fourth-order valence-electron chi connectivity index (χ4n) is 8.87. The Bertz CT molecular complexity index is 2490. The highest BCUT2D eigenvalue weighted by Crippen LogP contribution is 2.47. The maximum absolute atomic E-state index is 12.9. The molecule has 4 aliphatic rings. The van der Waals surface area contributed by atoms with E-state index in [-0.39, 0.29) is 50.7 Å². The Labute approximate surface area is 343 Å². The van der Waals surface area contributed by atoms with Crippen LogP contribution in [-0.2, 0) is 19.1 Å². The molecule has 4 aliphatic heterocycles. The van der Waals surface area contributed by atoms with E-state index in [0.29, 0.717) is 23.0 Å². The average Bonchev–Trinajstić information content (AvgIpc) is 4.11. The van der Waals surface area contributed by atoms with Crippen LogP contribution in [0.25, 0.3) is 21.8 Å². The Morgan fingerprint density at radius 1 is 0.583 bits per heavy atom. The second-order valence-electron chi connectivity index (χ2n) is 14.6. The van der Waals surface area contributed by atoms with Crippen LogP contribution in [0.5, 0.6) is 23.0 Å². The summed E-state index contributed by atoms with van der Waals surface area (Å²) in [5, 5.41) is 7.29. The van der Waals surface area contributed by atoms with Crippen LogP contribution in [0, 0.1) is 0 Å². The third-order valence-electron chi connectivity index (χ3n) is 11.5. The standard InChI is InChI=1S/2C22H21N3O5/c2*1-23-22(27)25-10-14(21(26)28-2)18-13-5-3-4-6-15(13)24-19(18)20(25)12-7-8-16-17(9-12)30-11-29-16/h2*3-9,14,20,24H,10-11H2,1-2H3,(H,23,27)/t2*14-,20-/m10/s1. The highest BCUT2D eigenvalue weighted by molar-refractivity contribution is 5.95. The van der Waals surface area contributed by atoms with Gasteiger partial charge >= 0.3 is 24.0 Å². The lowest BCUT2D eigenvalue weighted by atomic mass is 9.85. The smallest absolute Gasteiger partial charge is 0.318 e. The van der Waals surface area contributed by atoms with Crippen molar-refractivity contribution in [3.63, 3.8) is 0 Å². The molecule has 0 spiro atoms. The van der Waals surface area contributed by atoms with Gasteiger partial charge < -0.3 is 58.8 Å². The van der Waals surface area contributed by atoms with Gasteiger partial charge in [0.25, 0.3) is 0 Å². The van der Waals surface area contributed by atoms with Gasteiger partial charge in [0.1, 0.15) is 11.8 Å². The van der Waals surface area contributed by atoms with Crippen LogP contribution in [0.3, 0.4) is 0 Å². The van der Waals surface area contributed by atoms with Crippen LogP contribution in [0.2, 0.25) is 0 Å². The molecule has 4 N–H and O–H groups in total. The van der Waals surface area contributed by atoms with Crippen molar-refractivity contribution in [1.82, 2.24) is 30.4 Å². The van der Waals surface area contributed by atoms with Crippen LogP contribution in [0.4, 0.5) is 9.59 Å². The van der Waals surface area contributed by atoms with Crippen molar-refractivity contribution in [1.29, 1.82) is 0 Å². The fourth-order valence-corrected chi connectivity index (χ4v) is 8.87. The van der Waals surface area contributed by atoms with Crippen LogP contribution in [0.1, 0.15) is 57.6 Å². The second-order valence-corrected chi connectivity index (χ2v) is 14.6. The van der Waals surface area contributed by atoms with Crippen molar-refractivity contribution in [2.45, 2.75) is 23.9 Å². The normalized spacial score (nSPS) is 19.5. The molecule has 0 aliphatic carbocycles. The topological polar surface area (TPSA) is 186 Å². The van der Waals surface area contributed by atoms with Gasteiger partial charge in [-0.15, -0.1) is 0 Å². The number of nitrogens with one attached hydrogen (secondary N) is 4. The minimum atomic E-state index is -0.594. The molecule has 0 radical (unpaired) electrons. The highest BCUT2D eigenvalue weighted by Gasteiger charge is 2.44. The van der Waals surface area contributed by atoms with Gasteiger partial charge in [0.2, 0.25) is 13.6 Å². The summed E-state index contributed by atoms with van der Waals surface area (Å²) in [4.78, 5) is 61.3. The lowest BCUT2D eigenvalue weighted by molar-refractivity contribution is -0.144. The number of esters is 2. The molecule has 0 saturated carbocycles. The molecule has 6 aromatic rings. The van der Waals surface area contributed by atoms with E-state index < -0.39 is 23.9 Å². The van der Waals surface area contributed by atoms with Gasteiger partial charge in [-0.05, 0) is 58.7 Å². The molecular formula is C44H42N6O10. The average molecular weight is 815 g/mol. The number of hydrogen-bond acceptors (Lipinski definition) is 10. The number of aromatic nitrogens is 2. The summed E-state index contributed by atoms with van der Waals surface area (Å²) in [5.41, 5.74) is 6.83. The van der Waals surface area contributed by atoms with E-state index in [1.165, 1.54) is 14.2 Å². The Morgan fingerprint density at radius 2 is 0.983 bits per heavy atom. The van der Waals surface area contributed by atoms with Crippen molar-refractivity contribution >= 4 is 45.8 Å². The Morgan fingerprint density at radius 3 is 1.38 bits per heavy atom. The first-order valence-corrected chi connectivity index (χ1v) is 19.4. The molecule has 60 heavy (non-hydrogen) atoms. The van der Waals surface area contributed by atoms with E-state index in [4.69, 9.17) is 28.4 Å². The number of carbonyl (C=O) groups excluding carboxylic acids is 4. The Balaban J connectivity index is 0.000000154. The van der Waals surface area contributed by atoms with E-state index >= 15 is 0 Å². The van der Waals surface area contributed by atoms with Crippen molar-refractivity contribution in [3.05, 3.63) is 119 Å². The van der Waals surface area contributed by atoms with Gasteiger partial charge in [-0.1, -0.05) is 48.5 Å². The van der Waals surface area contributed by atoms with Crippen molar-refractivity contribution in [3.8, 4) is 23.0 Å². The number of fused-ring (bicyclic) bond motifs is 8. The van der Waals surface area contributed by atoms with Gasteiger partial charge in [-0.2, -0.15) is 0 Å². The van der Waals surface area contributed by atoms with Crippen LogP contribution in [-0.4, -0.2) is 98.8 Å². The summed E-state index contributed by atoms with van der Waals surface area (Å²) in [6.45, 7) is 0.732. The molecule has 10 rings (SSSR count). The highest BCUT2D eigenvalue weighted by atomic mass is 16.7. The predicted molar refractivity (Wildman–Crippen MR) is 217 cm³/mol. The van der Waals surface area contributed by atoms with Gasteiger partial charge in [-0.25, -0.2) is 9.59 Å². The lowest BCUT2D eigenvalue weighted by Crippen LogP contribution is -2.47. The van der Waals surface area contributed by atoms with Crippen molar-refractivity contribution in [2.75, 3.05) is 55.0 Å². The third-order valence-corrected chi connectivity index (χ3v) is 11.5. The number of H-pyrrole nitrogens is 2. The van der Waals surface area contributed by atoms with E-state index in [1.54, 1.807) is 23.9 Å². The number of aromatic amines is 2. The molecule has 0 unspecified atom stereocenters. The molecule has 2 aromatic heterocycles. The third kappa shape index (κ3) is 6.31. The monoisotopic (exact) mass is 814 g/mol. The summed E-state index contributed by atoms with van der Waals surface area (Å²) < 4.78 is 32.1. The quantitative estimate of drug-likeness (QED) is 0.159. The minimum Gasteiger partial charge on any atom is -0.468 e. The van der Waals surface area contributed by atoms with E-state index in [2.05, 4.69) is 20.6 Å². The van der Waals surface area contributed by atoms with E-state index in [1.807, 2.05) is 84.9 Å². The summed E-state index contributed by atoms with van der Waals surface area (Å²) in [6, 6.07) is 25.5. The molecule has 0 bridgehead atoms. The number of para-hydroxylation sites is 2. The minimum absolute atomic E-state index is 0.171. The number of benzene rings is 4. The van der Waals surface area contributed by atoms with Gasteiger partial charge in [0.05, 0.1) is 26.3 Å². The second kappa shape index (κ2) is 15.4. The van der Waals surface area contributed by atoms with Crippen LogP contribution in [0.15, 0.2) is 84.9 Å². The molecular weight excluding hydrogens is 773 g/mol. The van der Waals surface area contributed by atoms with E-state index in [0.717, 1.165) is 55.4 Å². The number of nitrogens with zero attached hydrogens (tertiary/aromatic N) is 2. The number of methoxy groups -OCH3 is 2. The molecule has 16 nitrogen and oxygen atoms in total. The van der Waals surface area contributed by atoms with Gasteiger partial charge in [0, 0.05) is 60.4 Å². The number of rotatable bonds is 4. The zero-order chi connectivity index (χ0) is 41.7. The molecule has 4 atom stereocenters. The molecule has 0 fully saturated rings. The van der Waals surface area contributed by atoms with Crippen molar-refractivity contribution < 1.29 is 47.6 Å².